The van der Waals surface area contributed by atoms with Crippen LogP contribution >= 0.6 is 0 Å². The molecule has 1 aromatic heterocycles. The molecule has 0 radical (unpaired) electrons. The SMILES string of the molecule is N#Cc1ccc(N2CCOC(CC(=O)O)C2)cn1. The number of rotatable bonds is 3. The fourth-order valence-corrected chi connectivity index (χ4v) is 1.91. The summed E-state index contributed by atoms with van der Waals surface area (Å²) in [5.74, 6) is -0.861. The zero-order valence-electron chi connectivity index (χ0n) is 9.74. The summed E-state index contributed by atoms with van der Waals surface area (Å²) < 4.78 is 5.39. The molecule has 94 valence electrons. The van der Waals surface area contributed by atoms with Crippen molar-refractivity contribution in [3.63, 3.8) is 0 Å². The van der Waals surface area contributed by atoms with E-state index < -0.39 is 5.97 Å². The van der Waals surface area contributed by atoms with E-state index in [-0.39, 0.29) is 12.5 Å². The molecule has 0 aromatic carbocycles. The summed E-state index contributed by atoms with van der Waals surface area (Å²) >= 11 is 0. The van der Waals surface area contributed by atoms with Gasteiger partial charge in [0.15, 0.2) is 0 Å². The minimum absolute atomic E-state index is 0.000206. The molecule has 1 fully saturated rings. The Hall–Kier alpha value is -2.13. The van der Waals surface area contributed by atoms with E-state index in [1.54, 1.807) is 12.3 Å². The lowest BCUT2D eigenvalue weighted by Crippen LogP contribution is -2.43. The number of nitriles is 1. The largest absolute Gasteiger partial charge is 0.481 e. The molecule has 0 spiro atoms. The Labute approximate surface area is 104 Å². The van der Waals surface area contributed by atoms with Crippen molar-refractivity contribution in [1.82, 2.24) is 4.98 Å². The van der Waals surface area contributed by atoms with Crippen LogP contribution in [0.5, 0.6) is 0 Å². The average Bonchev–Trinajstić information content (AvgIpc) is 2.38. The molecule has 6 nitrogen and oxygen atoms in total. The topological polar surface area (TPSA) is 86.5 Å². The van der Waals surface area contributed by atoms with Crippen molar-refractivity contribution >= 4 is 11.7 Å². The van der Waals surface area contributed by atoms with Crippen molar-refractivity contribution in [2.45, 2.75) is 12.5 Å². The molecule has 1 unspecified atom stereocenters. The maximum absolute atomic E-state index is 10.6. The summed E-state index contributed by atoms with van der Waals surface area (Å²) in [5.41, 5.74) is 1.25. The molecule has 2 rings (SSSR count). The second-order valence-corrected chi connectivity index (χ2v) is 4.05. The van der Waals surface area contributed by atoms with Gasteiger partial charge in [0.25, 0.3) is 0 Å². The highest BCUT2D eigenvalue weighted by Crippen LogP contribution is 2.18. The van der Waals surface area contributed by atoms with Crippen LogP contribution in [0.2, 0.25) is 0 Å². The van der Waals surface area contributed by atoms with E-state index in [1.807, 2.05) is 17.0 Å². The number of aromatic nitrogens is 1. The summed E-state index contributed by atoms with van der Waals surface area (Å²) in [6, 6.07) is 5.42. The van der Waals surface area contributed by atoms with Gasteiger partial charge < -0.3 is 14.7 Å². The lowest BCUT2D eigenvalue weighted by atomic mass is 10.2. The molecular weight excluding hydrogens is 234 g/mol. The van der Waals surface area contributed by atoms with E-state index in [1.165, 1.54) is 0 Å². The highest BCUT2D eigenvalue weighted by atomic mass is 16.5. The van der Waals surface area contributed by atoms with Gasteiger partial charge in [0.05, 0.1) is 31.0 Å². The number of ether oxygens (including phenoxy) is 1. The maximum atomic E-state index is 10.6. The van der Waals surface area contributed by atoms with Crippen molar-refractivity contribution in [3.05, 3.63) is 24.0 Å². The van der Waals surface area contributed by atoms with Crippen LogP contribution in [0.4, 0.5) is 5.69 Å². The molecule has 1 aromatic rings. The molecule has 1 aliphatic rings. The minimum atomic E-state index is -0.861. The summed E-state index contributed by atoms with van der Waals surface area (Å²) in [5, 5.41) is 17.4. The van der Waals surface area contributed by atoms with E-state index in [9.17, 15) is 4.79 Å². The second kappa shape index (κ2) is 5.47. The van der Waals surface area contributed by atoms with E-state index in [4.69, 9.17) is 15.1 Å². The predicted octanol–water partition coefficient (Wildman–Crippen LogP) is 0.633. The normalized spacial score (nSPS) is 19.3. The molecule has 0 bridgehead atoms. The van der Waals surface area contributed by atoms with Crippen molar-refractivity contribution in [2.75, 3.05) is 24.6 Å². The average molecular weight is 247 g/mol. The van der Waals surface area contributed by atoms with Crippen LogP contribution in [-0.4, -0.2) is 41.9 Å². The number of hydrogen-bond acceptors (Lipinski definition) is 5. The molecule has 18 heavy (non-hydrogen) atoms. The monoisotopic (exact) mass is 247 g/mol. The molecule has 6 heteroatoms. The third kappa shape index (κ3) is 2.96. The third-order valence-corrected chi connectivity index (χ3v) is 2.77. The molecule has 0 amide bonds. The van der Waals surface area contributed by atoms with Gasteiger partial charge in [-0.1, -0.05) is 0 Å². The van der Waals surface area contributed by atoms with Gasteiger partial charge in [0, 0.05) is 13.1 Å². The lowest BCUT2D eigenvalue weighted by molar-refractivity contribution is -0.140. The Morgan fingerprint density at radius 3 is 3.11 bits per heavy atom. The first kappa shape index (κ1) is 12.3. The summed E-state index contributed by atoms with van der Waals surface area (Å²) in [6.07, 6.45) is 1.33. The number of anilines is 1. The fraction of sp³-hybridized carbons (Fsp3) is 0.417. The highest BCUT2D eigenvalue weighted by Gasteiger charge is 2.23. The Kier molecular flexibility index (Phi) is 3.75. The van der Waals surface area contributed by atoms with Crippen molar-refractivity contribution in [3.8, 4) is 6.07 Å². The zero-order chi connectivity index (χ0) is 13.0. The molecule has 0 aliphatic carbocycles. The van der Waals surface area contributed by atoms with Crippen molar-refractivity contribution in [1.29, 1.82) is 5.26 Å². The number of carbonyl (C=O) groups is 1. The first-order chi connectivity index (χ1) is 8.69. The van der Waals surface area contributed by atoms with Crippen LogP contribution in [0.3, 0.4) is 0 Å². The molecule has 1 atom stereocenters. The van der Waals surface area contributed by atoms with Crippen LogP contribution in [0.15, 0.2) is 18.3 Å². The van der Waals surface area contributed by atoms with Gasteiger partial charge in [-0.15, -0.1) is 0 Å². The van der Waals surface area contributed by atoms with Crippen LogP contribution in [-0.2, 0) is 9.53 Å². The Morgan fingerprint density at radius 2 is 2.50 bits per heavy atom. The second-order valence-electron chi connectivity index (χ2n) is 4.05. The van der Waals surface area contributed by atoms with Gasteiger partial charge in [0.2, 0.25) is 0 Å². The van der Waals surface area contributed by atoms with Crippen LogP contribution in [0.1, 0.15) is 12.1 Å². The number of morpholine rings is 1. The Morgan fingerprint density at radius 1 is 1.67 bits per heavy atom. The lowest BCUT2D eigenvalue weighted by Gasteiger charge is -2.33. The van der Waals surface area contributed by atoms with Gasteiger partial charge in [-0.2, -0.15) is 5.26 Å². The van der Waals surface area contributed by atoms with E-state index in [0.29, 0.717) is 25.4 Å². The molecule has 1 N–H and O–H groups in total. The number of pyridine rings is 1. The molecule has 1 saturated heterocycles. The van der Waals surface area contributed by atoms with Crippen LogP contribution in [0, 0.1) is 11.3 Å². The Balaban J connectivity index is 2.03. The van der Waals surface area contributed by atoms with Crippen LogP contribution in [0.25, 0.3) is 0 Å². The van der Waals surface area contributed by atoms with Crippen molar-refractivity contribution in [2.24, 2.45) is 0 Å². The van der Waals surface area contributed by atoms with E-state index in [0.717, 1.165) is 5.69 Å². The molecular formula is C12H13N3O3. The number of carboxylic acid groups (broad SMARTS) is 1. The summed E-state index contributed by atoms with van der Waals surface area (Å²) in [7, 11) is 0. The third-order valence-electron chi connectivity index (χ3n) is 2.77. The van der Waals surface area contributed by atoms with Crippen LogP contribution < -0.4 is 4.90 Å². The first-order valence-electron chi connectivity index (χ1n) is 5.63. The molecule has 2 heterocycles. The van der Waals surface area contributed by atoms with Gasteiger partial charge in [-0.25, -0.2) is 4.98 Å². The zero-order valence-corrected chi connectivity index (χ0v) is 9.74. The summed E-state index contributed by atoms with van der Waals surface area (Å²) in [6.45, 7) is 1.72. The van der Waals surface area contributed by atoms with Gasteiger partial charge in [-0.05, 0) is 12.1 Å². The highest BCUT2D eigenvalue weighted by molar-refractivity contribution is 5.67. The number of hydrogen-bond donors (Lipinski definition) is 1. The smallest absolute Gasteiger partial charge is 0.306 e. The maximum Gasteiger partial charge on any atom is 0.306 e. The number of carboxylic acids is 1. The van der Waals surface area contributed by atoms with Gasteiger partial charge >= 0.3 is 5.97 Å². The number of nitrogens with zero attached hydrogens (tertiary/aromatic N) is 3. The first-order valence-corrected chi connectivity index (χ1v) is 5.63. The minimum Gasteiger partial charge on any atom is -0.481 e. The molecule has 1 aliphatic heterocycles. The fourth-order valence-electron chi connectivity index (χ4n) is 1.91. The molecule has 0 saturated carbocycles. The Bertz CT molecular complexity index is 466. The van der Waals surface area contributed by atoms with E-state index in [2.05, 4.69) is 4.98 Å². The standard InChI is InChI=1S/C12H13N3O3/c13-6-9-1-2-10(7-14-9)15-3-4-18-11(8-15)5-12(16)17/h1-2,7,11H,3-5,8H2,(H,16,17). The van der Waals surface area contributed by atoms with Gasteiger partial charge in [-0.3, -0.25) is 4.79 Å². The van der Waals surface area contributed by atoms with Gasteiger partial charge in [0.1, 0.15) is 11.8 Å². The number of aliphatic carboxylic acids is 1. The van der Waals surface area contributed by atoms with E-state index >= 15 is 0 Å². The van der Waals surface area contributed by atoms with Crippen molar-refractivity contribution < 1.29 is 14.6 Å². The summed E-state index contributed by atoms with van der Waals surface area (Å²) in [4.78, 5) is 16.7. The quantitative estimate of drug-likeness (QED) is 0.843. The predicted molar refractivity (Wildman–Crippen MR) is 63.2 cm³/mol.